The summed E-state index contributed by atoms with van der Waals surface area (Å²) in [5, 5.41) is 8.39. The molecule has 30 heavy (non-hydrogen) atoms. The molecule has 2 aromatic carbocycles. The van der Waals surface area contributed by atoms with Crippen molar-refractivity contribution in [1.82, 2.24) is 10.2 Å². The van der Waals surface area contributed by atoms with Crippen LogP contribution in [-0.4, -0.2) is 49.3 Å². The van der Waals surface area contributed by atoms with Crippen LogP contribution in [0.25, 0.3) is 0 Å². The van der Waals surface area contributed by atoms with Crippen LogP contribution in [-0.2, 0) is 4.79 Å². The molecule has 0 radical (unpaired) electrons. The van der Waals surface area contributed by atoms with E-state index in [-0.39, 0.29) is 24.3 Å². The van der Waals surface area contributed by atoms with Gasteiger partial charge in [0.25, 0.3) is 11.8 Å². The molecule has 0 aliphatic carbocycles. The number of anilines is 2. The average Bonchev–Trinajstić information content (AvgIpc) is 3.06. The van der Waals surface area contributed by atoms with E-state index in [1.54, 1.807) is 37.4 Å². The molecule has 3 rings (SSSR count). The van der Waals surface area contributed by atoms with Crippen LogP contribution in [0.3, 0.4) is 0 Å². The highest BCUT2D eigenvalue weighted by Gasteiger charge is 2.17. The first kappa shape index (κ1) is 21.4. The topological polar surface area (TPSA) is 90.5 Å². The van der Waals surface area contributed by atoms with Gasteiger partial charge in [0.05, 0.1) is 6.54 Å². The van der Waals surface area contributed by atoms with Gasteiger partial charge in [-0.2, -0.15) is 0 Å². The van der Waals surface area contributed by atoms with Crippen molar-refractivity contribution in [3.8, 4) is 0 Å². The monoisotopic (exact) mass is 408 g/mol. The van der Waals surface area contributed by atoms with E-state index in [0.29, 0.717) is 22.5 Å². The van der Waals surface area contributed by atoms with E-state index in [0.717, 1.165) is 25.9 Å². The van der Waals surface area contributed by atoms with E-state index in [1.807, 2.05) is 23.1 Å². The molecule has 2 aromatic rings. The summed E-state index contributed by atoms with van der Waals surface area (Å²) in [4.78, 5) is 38.7. The van der Waals surface area contributed by atoms with Gasteiger partial charge in [-0.05, 0) is 49.2 Å². The second-order valence-electron chi connectivity index (χ2n) is 7.35. The van der Waals surface area contributed by atoms with E-state index in [9.17, 15) is 14.4 Å². The third-order valence-corrected chi connectivity index (χ3v) is 5.09. The maximum absolute atomic E-state index is 12.8. The zero-order valence-electron chi connectivity index (χ0n) is 17.2. The minimum Gasteiger partial charge on any atom is -0.376 e. The molecule has 1 fully saturated rings. The SMILES string of the molecule is CNC(=O)c1cccc(NC(=O)CNc2cccc(C(=O)N3CCCCCC3)c2)c1. The Morgan fingerprint density at radius 1 is 0.867 bits per heavy atom. The Morgan fingerprint density at radius 3 is 2.20 bits per heavy atom. The molecule has 158 valence electrons. The third-order valence-electron chi connectivity index (χ3n) is 5.09. The van der Waals surface area contributed by atoms with Crippen LogP contribution in [0.4, 0.5) is 11.4 Å². The van der Waals surface area contributed by atoms with E-state index >= 15 is 0 Å². The van der Waals surface area contributed by atoms with Gasteiger partial charge in [0.1, 0.15) is 0 Å². The standard InChI is InChI=1S/C23H28N4O3/c1-24-22(29)17-8-6-11-20(14-17)26-21(28)16-25-19-10-7-9-18(15-19)23(30)27-12-4-2-3-5-13-27/h6-11,14-15,25H,2-5,12-13,16H2,1H3,(H,24,29)(H,26,28). The smallest absolute Gasteiger partial charge is 0.253 e. The van der Waals surface area contributed by atoms with Crippen LogP contribution in [0.15, 0.2) is 48.5 Å². The Hall–Kier alpha value is -3.35. The molecular weight excluding hydrogens is 380 g/mol. The lowest BCUT2D eigenvalue weighted by molar-refractivity contribution is -0.114. The van der Waals surface area contributed by atoms with Crippen LogP contribution in [0, 0.1) is 0 Å². The Balaban J connectivity index is 1.57. The molecule has 1 saturated heterocycles. The number of likely N-dealkylation sites (tertiary alicyclic amines) is 1. The van der Waals surface area contributed by atoms with Gasteiger partial charge in [0, 0.05) is 42.6 Å². The minimum atomic E-state index is -0.242. The second kappa shape index (κ2) is 10.4. The zero-order valence-corrected chi connectivity index (χ0v) is 17.2. The molecule has 0 spiro atoms. The highest BCUT2D eigenvalue weighted by molar-refractivity contribution is 5.98. The van der Waals surface area contributed by atoms with E-state index in [2.05, 4.69) is 16.0 Å². The van der Waals surface area contributed by atoms with Crippen molar-refractivity contribution < 1.29 is 14.4 Å². The Labute approximate surface area is 176 Å². The molecule has 7 heteroatoms. The van der Waals surface area contributed by atoms with Gasteiger partial charge in [0.15, 0.2) is 0 Å². The summed E-state index contributed by atoms with van der Waals surface area (Å²) in [6.45, 7) is 1.65. The fourth-order valence-electron chi connectivity index (χ4n) is 3.49. The van der Waals surface area contributed by atoms with Gasteiger partial charge in [-0.3, -0.25) is 14.4 Å². The lowest BCUT2D eigenvalue weighted by atomic mass is 10.1. The van der Waals surface area contributed by atoms with Gasteiger partial charge in [0.2, 0.25) is 5.91 Å². The molecule has 0 atom stereocenters. The molecule has 7 nitrogen and oxygen atoms in total. The van der Waals surface area contributed by atoms with E-state index < -0.39 is 0 Å². The van der Waals surface area contributed by atoms with Gasteiger partial charge in [-0.25, -0.2) is 0 Å². The van der Waals surface area contributed by atoms with E-state index in [4.69, 9.17) is 0 Å². The largest absolute Gasteiger partial charge is 0.376 e. The summed E-state index contributed by atoms with van der Waals surface area (Å²) in [6, 6.07) is 14.0. The van der Waals surface area contributed by atoms with Crippen LogP contribution < -0.4 is 16.0 Å². The molecule has 0 bridgehead atoms. The number of rotatable bonds is 6. The maximum Gasteiger partial charge on any atom is 0.253 e. The van der Waals surface area contributed by atoms with Crippen LogP contribution >= 0.6 is 0 Å². The summed E-state index contributed by atoms with van der Waals surface area (Å²) in [7, 11) is 1.56. The Bertz CT molecular complexity index is 905. The van der Waals surface area contributed by atoms with Crippen molar-refractivity contribution in [2.75, 3.05) is 37.3 Å². The summed E-state index contributed by atoms with van der Waals surface area (Å²) in [5.41, 5.74) is 2.36. The highest BCUT2D eigenvalue weighted by Crippen LogP contribution is 2.17. The lowest BCUT2D eigenvalue weighted by Crippen LogP contribution is -2.31. The number of hydrogen-bond acceptors (Lipinski definition) is 4. The molecule has 1 aliphatic rings. The second-order valence-corrected chi connectivity index (χ2v) is 7.35. The first-order valence-corrected chi connectivity index (χ1v) is 10.3. The van der Waals surface area contributed by atoms with Crippen molar-refractivity contribution >= 4 is 29.1 Å². The van der Waals surface area contributed by atoms with Crippen molar-refractivity contribution in [2.45, 2.75) is 25.7 Å². The predicted molar refractivity (Wildman–Crippen MR) is 118 cm³/mol. The molecule has 0 saturated carbocycles. The molecule has 3 N–H and O–H groups in total. The third kappa shape index (κ3) is 5.83. The number of nitrogens with one attached hydrogen (secondary N) is 3. The first-order valence-electron chi connectivity index (χ1n) is 10.3. The average molecular weight is 409 g/mol. The number of benzene rings is 2. The fraction of sp³-hybridized carbons (Fsp3) is 0.348. The molecular formula is C23H28N4O3. The van der Waals surface area contributed by atoms with Crippen LogP contribution in [0.2, 0.25) is 0 Å². The van der Waals surface area contributed by atoms with Gasteiger partial charge in [-0.15, -0.1) is 0 Å². The van der Waals surface area contributed by atoms with Crippen LogP contribution in [0.5, 0.6) is 0 Å². The molecule has 3 amide bonds. The molecule has 0 unspecified atom stereocenters. The van der Waals surface area contributed by atoms with Crippen molar-refractivity contribution in [2.24, 2.45) is 0 Å². The lowest BCUT2D eigenvalue weighted by Gasteiger charge is -2.20. The first-order chi connectivity index (χ1) is 14.6. The van der Waals surface area contributed by atoms with E-state index in [1.165, 1.54) is 12.8 Å². The summed E-state index contributed by atoms with van der Waals surface area (Å²) in [6.07, 6.45) is 4.44. The zero-order chi connectivity index (χ0) is 21.3. The van der Waals surface area contributed by atoms with Crippen molar-refractivity contribution in [3.05, 3.63) is 59.7 Å². The predicted octanol–water partition coefficient (Wildman–Crippen LogP) is 3.11. The van der Waals surface area contributed by atoms with Gasteiger partial charge >= 0.3 is 0 Å². The Kier molecular flexibility index (Phi) is 7.43. The maximum atomic E-state index is 12.8. The fourth-order valence-corrected chi connectivity index (χ4v) is 3.49. The minimum absolute atomic E-state index is 0.0380. The molecule has 1 heterocycles. The molecule has 1 aliphatic heterocycles. The quantitative estimate of drug-likeness (QED) is 0.685. The summed E-state index contributed by atoms with van der Waals surface area (Å²) < 4.78 is 0. The normalized spacial score (nSPS) is 13.8. The van der Waals surface area contributed by atoms with Gasteiger partial charge in [-0.1, -0.05) is 25.0 Å². The number of nitrogens with zero attached hydrogens (tertiary/aromatic N) is 1. The number of amides is 3. The van der Waals surface area contributed by atoms with Crippen molar-refractivity contribution in [3.63, 3.8) is 0 Å². The van der Waals surface area contributed by atoms with Crippen LogP contribution in [0.1, 0.15) is 46.4 Å². The summed E-state index contributed by atoms with van der Waals surface area (Å²) in [5.74, 6) is -0.417. The summed E-state index contributed by atoms with van der Waals surface area (Å²) >= 11 is 0. The number of hydrogen-bond donors (Lipinski definition) is 3. The van der Waals surface area contributed by atoms with Crippen molar-refractivity contribution in [1.29, 1.82) is 0 Å². The van der Waals surface area contributed by atoms with Gasteiger partial charge < -0.3 is 20.9 Å². The molecule has 0 aromatic heterocycles. The Morgan fingerprint density at radius 2 is 1.50 bits per heavy atom. The number of carbonyl (C=O) groups excluding carboxylic acids is 3. The highest BCUT2D eigenvalue weighted by atomic mass is 16.2. The number of carbonyl (C=O) groups is 3.